The molecule has 7 heteroatoms. The van der Waals surface area contributed by atoms with Gasteiger partial charge < -0.3 is 15.1 Å². The van der Waals surface area contributed by atoms with E-state index in [0.29, 0.717) is 14.9 Å². The van der Waals surface area contributed by atoms with Crippen LogP contribution in [0.4, 0.5) is 5.00 Å². The summed E-state index contributed by atoms with van der Waals surface area (Å²) in [5.41, 5.74) is 1.76. The summed E-state index contributed by atoms with van der Waals surface area (Å²) in [5.74, 6) is -0.315. The van der Waals surface area contributed by atoms with E-state index in [9.17, 15) is 9.59 Å². The third kappa shape index (κ3) is 4.15. The van der Waals surface area contributed by atoms with Gasteiger partial charge in [-0.25, -0.2) is 0 Å². The molecule has 26 heavy (non-hydrogen) atoms. The van der Waals surface area contributed by atoms with Crippen LogP contribution in [0, 0.1) is 6.92 Å². The molecule has 0 saturated carbocycles. The van der Waals surface area contributed by atoms with Crippen molar-refractivity contribution in [3.63, 3.8) is 0 Å². The summed E-state index contributed by atoms with van der Waals surface area (Å²) in [6, 6.07) is 12.2. The number of halogens is 1. The van der Waals surface area contributed by atoms with Crippen LogP contribution in [0.1, 0.15) is 44.3 Å². The van der Waals surface area contributed by atoms with Gasteiger partial charge in [0.25, 0.3) is 11.8 Å². The van der Waals surface area contributed by atoms with Crippen LogP contribution in [-0.2, 0) is 0 Å². The summed E-state index contributed by atoms with van der Waals surface area (Å²) in [7, 11) is 0. The summed E-state index contributed by atoms with van der Waals surface area (Å²) < 4.78 is 5.07. The van der Waals surface area contributed by atoms with Gasteiger partial charge in [0.15, 0.2) is 5.76 Å². The van der Waals surface area contributed by atoms with E-state index in [-0.39, 0.29) is 23.6 Å². The summed E-state index contributed by atoms with van der Waals surface area (Å²) in [6.45, 7) is 3.74. The highest BCUT2D eigenvalue weighted by molar-refractivity contribution is 7.18. The Bertz CT molecular complexity index is 917. The van der Waals surface area contributed by atoms with E-state index in [1.165, 1.54) is 17.6 Å². The number of aryl methyl sites for hydroxylation is 1. The molecule has 0 unspecified atom stereocenters. The molecule has 1 aromatic carbocycles. The molecule has 2 aromatic heterocycles. The highest BCUT2D eigenvalue weighted by Crippen LogP contribution is 2.28. The fraction of sp³-hybridized carbons (Fsp3) is 0.158. The van der Waals surface area contributed by atoms with Crippen molar-refractivity contribution in [2.45, 2.75) is 19.9 Å². The lowest BCUT2D eigenvalue weighted by molar-refractivity contribution is 0.0942. The molecule has 0 aliphatic carbocycles. The third-order valence-electron chi connectivity index (χ3n) is 3.82. The Kier molecular flexibility index (Phi) is 5.44. The van der Waals surface area contributed by atoms with Gasteiger partial charge in [-0.3, -0.25) is 9.59 Å². The smallest absolute Gasteiger partial charge is 0.291 e. The topological polar surface area (TPSA) is 71.3 Å². The third-order valence-corrected chi connectivity index (χ3v) is 5.23. The standard InChI is InChI=1S/C19H17ClN2O3S/c1-11-10-16(22-18(23)15-4-3-9-25-15)26-17(11)19(24)21-12(2)13-5-7-14(20)8-6-13/h3-10,12H,1-2H3,(H,21,24)(H,22,23)/t12-/m1/s1. The Morgan fingerprint density at radius 2 is 1.88 bits per heavy atom. The number of carbonyl (C=O) groups excluding carboxylic acids is 2. The molecule has 5 nitrogen and oxygen atoms in total. The van der Waals surface area contributed by atoms with Gasteiger partial charge in [0, 0.05) is 5.02 Å². The number of hydrogen-bond acceptors (Lipinski definition) is 4. The van der Waals surface area contributed by atoms with E-state index < -0.39 is 0 Å². The molecule has 0 saturated heterocycles. The van der Waals surface area contributed by atoms with Gasteiger partial charge in [0.1, 0.15) is 0 Å². The maximum atomic E-state index is 12.6. The van der Waals surface area contributed by atoms with E-state index in [1.54, 1.807) is 30.3 Å². The van der Waals surface area contributed by atoms with Crippen LogP contribution < -0.4 is 10.6 Å². The van der Waals surface area contributed by atoms with E-state index >= 15 is 0 Å². The van der Waals surface area contributed by atoms with Crippen LogP contribution in [0.15, 0.2) is 53.1 Å². The summed E-state index contributed by atoms with van der Waals surface area (Å²) in [5, 5.41) is 6.95. The summed E-state index contributed by atoms with van der Waals surface area (Å²) >= 11 is 7.12. The zero-order chi connectivity index (χ0) is 18.7. The molecule has 2 N–H and O–H groups in total. The number of rotatable bonds is 5. The van der Waals surface area contributed by atoms with Gasteiger partial charge in [0.05, 0.1) is 22.2 Å². The second-order valence-corrected chi connectivity index (χ2v) is 7.29. The van der Waals surface area contributed by atoms with Crippen molar-refractivity contribution in [2.24, 2.45) is 0 Å². The van der Waals surface area contributed by atoms with Gasteiger partial charge >= 0.3 is 0 Å². The highest BCUT2D eigenvalue weighted by Gasteiger charge is 2.18. The fourth-order valence-electron chi connectivity index (χ4n) is 2.45. The monoisotopic (exact) mass is 388 g/mol. The largest absolute Gasteiger partial charge is 0.459 e. The van der Waals surface area contributed by atoms with Gasteiger partial charge in [-0.15, -0.1) is 11.3 Å². The summed E-state index contributed by atoms with van der Waals surface area (Å²) in [6.07, 6.45) is 1.44. The van der Waals surface area contributed by atoms with Gasteiger partial charge in [-0.05, 0) is 55.3 Å². The molecular weight excluding hydrogens is 372 g/mol. The number of carbonyl (C=O) groups is 2. The molecule has 3 aromatic rings. The quantitative estimate of drug-likeness (QED) is 0.642. The van der Waals surface area contributed by atoms with Crippen LogP contribution in [0.3, 0.4) is 0 Å². The minimum absolute atomic E-state index is 0.164. The minimum Gasteiger partial charge on any atom is -0.459 e. The van der Waals surface area contributed by atoms with Gasteiger partial charge in [-0.2, -0.15) is 0 Å². The normalized spacial score (nSPS) is 11.8. The zero-order valence-electron chi connectivity index (χ0n) is 14.2. The summed E-state index contributed by atoms with van der Waals surface area (Å²) in [4.78, 5) is 25.2. The molecule has 0 aliphatic rings. The molecule has 2 amide bonds. The molecule has 3 rings (SSSR count). The molecule has 0 fully saturated rings. The van der Waals surface area contributed by atoms with Crippen molar-refractivity contribution in [3.8, 4) is 0 Å². The average molecular weight is 389 g/mol. The number of hydrogen-bond donors (Lipinski definition) is 2. The molecule has 0 radical (unpaired) electrons. The molecule has 0 bridgehead atoms. The van der Waals surface area contributed by atoms with Crippen LogP contribution in [0.25, 0.3) is 0 Å². The predicted molar refractivity (Wildman–Crippen MR) is 103 cm³/mol. The lowest BCUT2D eigenvalue weighted by Gasteiger charge is -2.14. The Morgan fingerprint density at radius 1 is 1.15 bits per heavy atom. The lowest BCUT2D eigenvalue weighted by Crippen LogP contribution is -2.26. The van der Waals surface area contributed by atoms with Gasteiger partial charge in [0.2, 0.25) is 0 Å². The van der Waals surface area contributed by atoms with Crippen molar-refractivity contribution in [1.82, 2.24) is 5.32 Å². The predicted octanol–water partition coefficient (Wildman–Crippen LogP) is 5.05. The number of furan rings is 1. The Labute approximate surface area is 160 Å². The second-order valence-electron chi connectivity index (χ2n) is 5.80. The number of thiophene rings is 1. The van der Waals surface area contributed by atoms with Crippen molar-refractivity contribution >= 4 is 39.8 Å². The Hall–Kier alpha value is -2.57. The van der Waals surface area contributed by atoms with Crippen LogP contribution in [-0.4, -0.2) is 11.8 Å². The van der Waals surface area contributed by atoms with Crippen molar-refractivity contribution in [3.05, 3.63) is 75.5 Å². The van der Waals surface area contributed by atoms with Crippen LogP contribution in [0.2, 0.25) is 5.02 Å². The first-order chi connectivity index (χ1) is 12.4. The lowest BCUT2D eigenvalue weighted by atomic mass is 10.1. The van der Waals surface area contributed by atoms with E-state index in [2.05, 4.69) is 10.6 Å². The average Bonchev–Trinajstić information content (AvgIpc) is 3.25. The van der Waals surface area contributed by atoms with Crippen molar-refractivity contribution in [2.75, 3.05) is 5.32 Å². The maximum absolute atomic E-state index is 12.6. The number of anilines is 1. The SMILES string of the molecule is Cc1cc(NC(=O)c2ccco2)sc1C(=O)N[C@H](C)c1ccc(Cl)cc1. The molecule has 0 spiro atoms. The van der Waals surface area contributed by atoms with E-state index in [1.807, 2.05) is 26.0 Å². The number of benzene rings is 1. The molecule has 134 valence electrons. The zero-order valence-corrected chi connectivity index (χ0v) is 15.8. The first-order valence-electron chi connectivity index (χ1n) is 7.95. The molecule has 1 atom stereocenters. The highest BCUT2D eigenvalue weighted by atomic mass is 35.5. The number of amides is 2. The minimum atomic E-state index is -0.349. The molecule has 2 heterocycles. The van der Waals surface area contributed by atoms with Crippen molar-refractivity contribution in [1.29, 1.82) is 0 Å². The fourth-order valence-corrected chi connectivity index (χ4v) is 3.54. The van der Waals surface area contributed by atoms with E-state index in [0.717, 1.165) is 11.1 Å². The Balaban J connectivity index is 1.68. The van der Waals surface area contributed by atoms with Crippen LogP contribution >= 0.6 is 22.9 Å². The first-order valence-corrected chi connectivity index (χ1v) is 9.15. The maximum Gasteiger partial charge on any atom is 0.291 e. The molecule has 0 aliphatic heterocycles. The molecular formula is C19H17ClN2O3S. The Morgan fingerprint density at radius 3 is 2.54 bits per heavy atom. The van der Waals surface area contributed by atoms with Gasteiger partial charge in [-0.1, -0.05) is 23.7 Å². The van der Waals surface area contributed by atoms with Crippen molar-refractivity contribution < 1.29 is 14.0 Å². The number of nitrogens with one attached hydrogen (secondary N) is 2. The second kappa shape index (κ2) is 7.76. The van der Waals surface area contributed by atoms with E-state index in [4.69, 9.17) is 16.0 Å². The van der Waals surface area contributed by atoms with Crippen LogP contribution in [0.5, 0.6) is 0 Å². The first kappa shape index (κ1) is 18.2.